The van der Waals surface area contributed by atoms with Crippen molar-refractivity contribution in [3.63, 3.8) is 0 Å². The van der Waals surface area contributed by atoms with Gasteiger partial charge in [0.25, 0.3) is 4.84 Å². The van der Waals surface area contributed by atoms with Gasteiger partial charge in [-0.1, -0.05) is 6.07 Å². The summed E-state index contributed by atoms with van der Waals surface area (Å²) in [6.07, 6.45) is 0.464. The van der Waals surface area contributed by atoms with E-state index in [1.54, 1.807) is 11.9 Å². The molecule has 8 nitrogen and oxygen atoms in total. The number of carbonyl (C=O) groups excluding carboxylic acids is 1. The van der Waals surface area contributed by atoms with Crippen LogP contribution in [0.1, 0.15) is 17.5 Å². The molecule has 10 heteroatoms. The van der Waals surface area contributed by atoms with Crippen molar-refractivity contribution in [1.82, 2.24) is 20.0 Å². The number of hydrogen-bond acceptors (Lipinski definition) is 7. The lowest BCUT2D eigenvalue weighted by atomic mass is 10.1. The van der Waals surface area contributed by atoms with Crippen LogP contribution in [0.4, 0.5) is 0 Å². The number of aromatic nitrogens is 2. The van der Waals surface area contributed by atoms with Crippen LogP contribution in [-0.2, 0) is 21.3 Å². The Morgan fingerprint density at radius 2 is 2.14 bits per heavy atom. The zero-order valence-corrected chi connectivity index (χ0v) is 17.8. The third-order valence-electron chi connectivity index (χ3n) is 4.75. The Balaban J connectivity index is 1.60. The maximum absolute atomic E-state index is 12.2. The molecule has 1 aromatic carbocycles. The third-order valence-corrected chi connectivity index (χ3v) is 6.81. The summed E-state index contributed by atoms with van der Waals surface area (Å²) < 4.78 is 30.1. The summed E-state index contributed by atoms with van der Waals surface area (Å²) in [6, 6.07) is 5.62. The molecule has 1 fully saturated rings. The van der Waals surface area contributed by atoms with Gasteiger partial charge < -0.3 is 9.73 Å². The highest BCUT2D eigenvalue weighted by Crippen LogP contribution is 2.21. The average molecular weight is 425 g/mol. The lowest BCUT2D eigenvalue weighted by molar-refractivity contribution is -0.122. The predicted molar refractivity (Wildman–Crippen MR) is 108 cm³/mol. The first-order valence-corrected chi connectivity index (χ1v) is 11.2. The van der Waals surface area contributed by atoms with Gasteiger partial charge in [-0.05, 0) is 62.8 Å². The first-order valence-electron chi connectivity index (χ1n) is 8.97. The van der Waals surface area contributed by atoms with E-state index in [0.29, 0.717) is 12.3 Å². The largest absolute Gasteiger partial charge is 0.409 e. The van der Waals surface area contributed by atoms with Gasteiger partial charge in [-0.2, -0.15) is 0 Å². The molecule has 2 heterocycles. The Morgan fingerprint density at radius 1 is 1.39 bits per heavy atom. The number of carbonyl (C=O) groups is 1. The molecule has 3 rings (SSSR count). The lowest BCUT2D eigenvalue weighted by Crippen LogP contribution is -2.42. The van der Waals surface area contributed by atoms with E-state index in [2.05, 4.69) is 10.4 Å². The fourth-order valence-corrected chi connectivity index (χ4v) is 4.94. The van der Waals surface area contributed by atoms with Crippen molar-refractivity contribution < 1.29 is 17.6 Å². The number of sulfone groups is 1. The van der Waals surface area contributed by atoms with Gasteiger partial charge in [-0.15, -0.1) is 5.10 Å². The highest BCUT2D eigenvalue weighted by Gasteiger charge is 2.29. The van der Waals surface area contributed by atoms with E-state index >= 15 is 0 Å². The molecule has 152 valence electrons. The number of nitrogens with one attached hydrogen (secondary N) is 1. The molecule has 28 heavy (non-hydrogen) atoms. The SMILES string of the molecule is Cc1ccc(-c2nn(CN(C)CC(=O)NC3CCS(=O)(=O)C3)c(=S)o2)cc1C. The highest BCUT2D eigenvalue weighted by molar-refractivity contribution is 7.91. The molecule has 1 amide bonds. The van der Waals surface area contributed by atoms with Crippen molar-refractivity contribution in [2.24, 2.45) is 0 Å². The lowest BCUT2D eigenvalue weighted by Gasteiger charge is -2.17. The highest BCUT2D eigenvalue weighted by atomic mass is 32.2. The number of nitrogens with zero attached hydrogens (tertiary/aromatic N) is 3. The molecular weight excluding hydrogens is 400 g/mol. The number of amides is 1. The molecule has 0 saturated carbocycles. The van der Waals surface area contributed by atoms with Crippen LogP contribution in [-0.4, -0.2) is 60.1 Å². The van der Waals surface area contributed by atoms with E-state index in [4.69, 9.17) is 16.6 Å². The molecule has 1 aliphatic heterocycles. The van der Waals surface area contributed by atoms with Crippen LogP contribution in [0, 0.1) is 18.7 Å². The van der Waals surface area contributed by atoms with E-state index < -0.39 is 9.84 Å². The molecule has 1 saturated heterocycles. The van der Waals surface area contributed by atoms with E-state index in [9.17, 15) is 13.2 Å². The first-order chi connectivity index (χ1) is 13.1. The van der Waals surface area contributed by atoms with Crippen molar-refractivity contribution in [1.29, 1.82) is 0 Å². The van der Waals surface area contributed by atoms with Crippen molar-refractivity contribution in [3.05, 3.63) is 34.2 Å². The zero-order chi connectivity index (χ0) is 20.5. The summed E-state index contributed by atoms with van der Waals surface area (Å²) in [6.45, 7) is 4.44. The Hall–Kier alpha value is -2.04. The molecular formula is C18H24N4O4S2. The minimum Gasteiger partial charge on any atom is -0.409 e. The summed E-state index contributed by atoms with van der Waals surface area (Å²) in [5.41, 5.74) is 3.16. The minimum absolute atomic E-state index is 0.0100. The van der Waals surface area contributed by atoms with Gasteiger partial charge in [0, 0.05) is 11.6 Å². The van der Waals surface area contributed by atoms with Crippen LogP contribution in [0.5, 0.6) is 0 Å². The van der Waals surface area contributed by atoms with Gasteiger partial charge in [-0.3, -0.25) is 9.69 Å². The molecule has 0 aliphatic carbocycles. The summed E-state index contributed by atoms with van der Waals surface area (Å²) in [4.78, 5) is 14.1. The molecule has 1 atom stereocenters. The molecule has 1 aliphatic rings. The number of rotatable bonds is 6. The van der Waals surface area contributed by atoms with Gasteiger partial charge in [-0.25, -0.2) is 13.1 Å². The molecule has 0 radical (unpaired) electrons. The summed E-state index contributed by atoms with van der Waals surface area (Å²) in [5, 5.41) is 7.18. The second-order valence-corrected chi connectivity index (χ2v) is 9.87. The molecule has 1 N–H and O–H groups in total. The maximum Gasteiger partial charge on any atom is 0.288 e. The van der Waals surface area contributed by atoms with E-state index in [1.807, 2.05) is 32.0 Å². The van der Waals surface area contributed by atoms with Crippen LogP contribution in [0.2, 0.25) is 0 Å². The number of aryl methyl sites for hydroxylation is 2. The second-order valence-electron chi connectivity index (χ2n) is 7.29. The van der Waals surface area contributed by atoms with Crippen molar-refractivity contribution in [2.75, 3.05) is 25.1 Å². The summed E-state index contributed by atoms with van der Waals surface area (Å²) in [7, 11) is -1.26. The fourth-order valence-electron chi connectivity index (χ4n) is 3.09. The normalized spacial score (nSPS) is 18.5. The maximum atomic E-state index is 12.2. The fraction of sp³-hybridized carbons (Fsp3) is 0.500. The van der Waals surface area contributed by atoms with Gasteiger partial charge in [0.2, 0.25) is 11.8 Å². The minimum atomic E-state index is -3.02. The Bertz CT molecular complexity index is 1040. The molecule has 0 bridgehead atoms. The summed E-state index contributed by atoms with van der Waals surface area (Å²) in [5.74, 6) is 0.343. The topological polar surface area (TPSA) is 97.4 Å². The zero-order valence-electron chi connectivity index (χ0n) is 16.1. The van der Waals surface area contributed by atoms with Gasteiger partial charge in [0.05, 0.1) is 24.7 Å². The van der Waals surface area contributed by atoms with Crippen molar-refractivity contribution >= 4 is 28.0 Å². The van der Waals surface area contributed by atoms with E-state index in [-0.39, 0.29) is 41.5 Å². The average Bonchev–Trinajstić information content (AvgIpc) is 3.12. The molecule has 1 aromatic heterocycles. The predicted octanol–water partition coefficient (Wildman–Crippen LogP) is 1.68. The van der Waals surface area contributed by atoms with Gasteiger partial charge in [0.1, 0.15) is 0 Å². The van der Waals surface area contributed by atoms with Crippen LogP contribution < -0.4 is 5.32 Å². The number of hydrogen-bond donors (Lipinski definition) is 1. The monoisotopic (exact) mass is 424 g/mol. The summed E-state index contributed by atoms with van der Waals surface area (Å²) >= 11 is 5.24. The van der Waals surface area contributed by atoms with Crippen molar-refractivity contribution in [3.8, 4) is 11.5 Å². The van der Waals surface area contributed by atoms with Crippen molar-refractivity contribution in [2.45, 2.75) is 33.0 Å². The molecule has 0 spiro atoms. The van der Waals surface area contributed by atoms with Crippen LogP contribution in [0.3, 0.4) is 0 Å². The number of benzene rings is 1. The second kappa shape index (κ2) is 8.14. The number of likely N-dealkylation sites (N-methyl/N-ethyl adjacent to an activating group) is 1. The van der Waals surface area contributed by atoms with Crippen LogP contribution in [0.15, 0.2) is 22.6 Å². The first kappa shape index (κ1) is 20.7. The molecule has 1 unspecified atom stereocenters. The Kier molecular flexibility index (Phi) is 6.01. The quantitative estimate of drug-likeness (QED) is 0.705. The van der Waals surface area contributed by atoms with Crippen LogP contribution in [0.25, 0.3) is 11.5 Å². The van der Waals surface area contributed by atoms with E-state index in [0.717, 1.165) is 11.1 Å². The van der Waals surface area contributed by atoms with E-state index in [1.165, 1.54) is 10.2 Å². The Morgan fingerprint density at radius 3 is 2.79 bits per heavy atom. The van der Waals surface area contributed by atoms with Gasteiger partial charge >= 0.3 is 0 Å². The Labute approximate surface area is 169 Å². The molecule has 2 aromatic rings. The third kappa shape index (κ3) is 5.06. The van der Waals surface area contributed by atoms with Gasteiger partial charge in [0.15, 0.2) is 9.84 Å². The standard InChI is InChI=1S/C18H24N4O4S2/c1-12-4-5-14(8-13(12)2)17-20-22(18(27)26-17)11-21(3)9-16(23)19-15-6-7-28(24,25)10-15/h4-5,8,15H,6-7,9-11H2,1-3H3,(H,19,23). The smallest absolute Gasteiger partial charge is 0.288 e. The van der Waals surface area contributed by atoms with Crippen LogP contribution >= 0.6 is 12.2 Å².